The third-order valence-electron chi connectivity index (χ3n) is 3.29. The molecule has 1 amide bonds. The average molecular weight is 253 g/mol. The molecule has 2 rings (SSSR count). The number of amides is 1. The molecule has 1 heterocycles. The largest absolute Gasteiger partial charge is 0.323 e. The lowest BCUT2D eigenvalue weighted by molar-refractivity contribution is -0.116. The molecule has 1 N–H and O–H groups in total. The Labute approximate surface area is 107 Å². The lowest BCUT2D eigenvalue weighted by atomic mass is 10.0. The van der Waals surface area contributed by atoms with E-state index in [4.69, 9.17) is 11.6 Å². The Hall–Kier alpha value is -1.09. The van der Waals surface area contributed by atoms with Crippen molar-refractivity contribution < 1.29 is 4.79 Å². The number of hydrogen-bond acceptors (Lipinski definition) is 2. The highest BCUT2D eigenvalue weighted by Gasteiger charge is 2.16. The molecule has 1 aliphatic carbocycles. The third kappa shape index (κ3) is 3.70. The van der Waals surface area contributed by atoms with Crippen LogP contribution in [0.2, 0.25) is 5.15 Å². The van der Waals surface area contributed by atoms with Gasteiger partial charge in [-0.2, -0.15) is 0 Å². The second kappa shape index (κ2) is 6.01. The SMILES string of the molecule is O=C(CCC1CCCC1)Nc1cccnc1Cl. The summed E-state index contributed by atoms with van der Waals surface area (Å²) in [5, 5.41) is 3.15. The van der Waals surface area contributed by atoms with E-state index in [9.17, 15) is 4.79 Å². The monoisotopic (exact) mass is 252 g/mol. The van der Waals surface area contributed by atoms with Gasteiger partial charge in [-0.15, -0.1) is 0 Å². The van der Waals surface area contributed by atoms with Gasteiger partial charge in [-0.25, -0.2) is 4.98 Å². The van der Waals surface area contributed by atoms with Crippen LogP contribution in [-0.4, -0.2) is 10.9 Å². The fourth-order valence-electron chi connectivity index (χ4n) is 2.33. The maximum absolute atomic E-state index is 11.7. The van der Waals surface area contributed by atoms with E-state index < -0.39 is 0 Å². The topological polar surface area (TPSA) is 42.0 Å². The van der Waals surface area contributed by atoms with Gasteiger partial charge in [-0.3, -0.25) is 4.79 Å². The molecule has 17 heavy (non-hydrogen) atoms. The van der Waals surface area contributed by atoms with E-state index in [2.05, 4.69) is 10.3 Å². The average Bonchev–Trinajstić information content (AvgIpc) is 2.82. The molecule has 1 saturated carbocycles. The molecule has 1 aromatic heterocycles. The number of aromatic nitrogens is 1. The van der Waals surface area contributed by atoms with Crippen LogP contribution in [0, 0.1) is 5.92 Å². The minimum absolute atomic E-state index is 0.0341. The summed E-state index contributed by atoms with van der Waals surface area (Å²) in [6.07, 6.45) is 8.37. The first-order valence-corrected chi connectivity index (χ1v) is 6.54. The number of nitrogens with zero attached hydrogens (tertiary/aromatic N) is 1. The maximum atomic E-state index is 11.7. The Morgan fingerprint density at radius 2 is 2.24 bits per heavy atom. The number of carbonyl (C=O) groups is 1. The predicted octanol–water partition coefficient (Wildman–Crippen LogP) is 3.64. The van der Waals surface area contributed by atoms with Crippen LogP contribution < -0.4 is 5.32 Å². The number of rotatable bonds is 4. The second-order valence-corrected chi connectivity index (χ2v) is 4.94. The number of hydrogen-bond donors (Lipinski definition) is 1. The first-order chi connectivity index (χ1) is 8.25. The quantitative estimate of drug-likeness (QED) is 0.832. The van der Waals surface area contributed by atoms with Crippen molar-refractivity contribution in [2.45, 2.75) is 38.5 Å². The molecule has 0 spiro atoms. The maximum Gasteiger partial charge on any atom is 0.224 e. The van der Waals surface area contributed by atoms with Crippen LogP contribution in [0.1, 0.15) is 38.5 Å². The second-order valence-electron chi connectivity index (χ2n) is 4.58. The molecule has 0 aliphatic heterocycles. The molecule has 0 saturated heterocycles. The van der Waals surface area contributed by atoms with Gasteiger partial charge in [0.25, 0.3) is 0 Å². The van der Waals surface area contributed by atoms with Gasteiger partial charge in [0.05, 0.1) is 5.69 Å². The molecule has 1 fully saturated rings. The third-order valence-corrected chi connectivity index (χ3v) is 3.59. The number of carbonyl (C=O) groups excluding carboxylic acids is 1. The van der Waals surface area contributed by atoms with Crippen LogP contribution in [-0.2, 0) is 4.79 Å². The van der Waals surface area contributed by atoms with Gasteiger partial charge < -0.3 is 5.32 Å². The van der Waals surface area contributed by atoms with Gasteiger partial charge in [0.15, 0.2) is 5.15 Å². The molecule has 1 aromatic rings. The summed E-state index contributed by atoms with van der Waals surface area (Å²) in [5.41, 5.74) is 0.602. The zero-order valence-electron chi connectivity index (χ0n) is 9.79. The van der Waals surface area contributed by atoms with Crippen LogP contribution in [0.3, 0.4) is 0 Å². The molecule has 0 radical (unpaired) electrons. The Balaban J connectivity index is 1.79. The van der Waals surface area contributed by atoms with Crippen LogP contribution in [0.25, 0.3) is 0 Å². The summed E-state index contributed by atoms with van der Waals surface area (Å²) in [7, 11) is 0. The highest BCUT2D eigenvalue weighted by molar-refractivity contribution is 6.32. The Morgan fingerprint density at radius 1 is 1.47 bits per heavy atom. The van der Waals surface area contributed by atoms with Crippen LogP contribution in [0.4, 0.5) is 5.69 Å². The Kier molecular flexibility index (Phi) is 4.37. The smallest absolute Gasteiger partial charge is 0.224 e. The molecule has 0 unspecified atom stereocenters. The van der Waals surface area contributed by atoms with Gasteiger partial charge in [0.1, 0.15) is 0 Å². The van der Waals surface area contributed by atoms with E-state index in [1.54, 1.807) is 18.3 Å². The summed E-state index contributed by atoms with van der Waals surface area (Å²) in [6.45, 7) is 0. The minimum Gasteiger partial charge on any atom is -0.323 e. The lowest BCUT2D eigenvalue weighted by Crippen LogP contribution is -2.13. The molecule has 0 bridgehead atoms. The lowest BCUT2D eigenvalue weighted by Gasteiger charge is -2.09. The predicted molar refractivity (Wildman–Crippen MR) is 69.1 cm³/mol. The first kappa shape index (κ1) is 12.4. The number of halogens is 1. The normalized spacial score (nSPS) is 16.1. The highest BCUT2D eigenvalue weighted by Crippen LogP contribution is 2.28. The zero-order chi connectivity index (χ0) is 12.1. The summed E-state index contributed by atoms with van der Waals surface area (Å²) in [6, 6.07) is 3.53. The molecular weight excluding hydrogens is 236 g/mol. The van der Waals surface area contributed by atoms with Crippen molar-refractivity contribution >= 4 is 23.2 Å². The van der Waals surface area contributed by atoms with Crippen LogP contribution in [0.5, 0.6) is 0 Å². The van der Waals surface area contributed by atoms with E-state index in [1.165, 1.54) is 25.7 Å². The van der Waals surface area contributed by atoms with Gasteiger partial charge in [-0.1, -0.05) is 37.3 Å². The number of pyridine rings is 1. The van der Waals surface area contributed by atoms with Crippen molar-refractivity contribution in [1.29, 1.82) is 0 Å². The fraction of sp³-hybridized carbons (Fsp3) is 0.538. The van der Waals surface area contributed by atoms with Gasteiger partial charge >= 0.3 is 0 Å². The minimum atomic E-state index is 0.0341. The van der Waals surface area contributed by atoms with Crippen molar-refractivity contribution in [3.05, 3.63) is 23.5 Å². The molecule has 92 valence electrons. The van der Waals surface area contributed by atoms with Crippen molar-refractivity contribution in [2.75, 3.05) is 5.32 Å². The molecule has 0 atom stereocenters. The van der Waals surface area contributed by atoms with E-state index in [0.29, 0.717) is 17.3 Å². The van der Waals surface area contributed by atoms with Gasteiger partial charge in [0.2, 0.25) is 5.91 Å². The first-order valence-electron chi connectivity index (χ1n) is 6.16. The fourth-order valence-corrected chi connectivity index (χ4v) is 2.49. The zero-order valence-corrected chi connectivity index (χ0v) is 10.5. The van der Waals surface area contributed by atoms with Crippen molar-refractivity contribution in [3.63, 3.8) is 0 Å². The summed E-state index contributed by atoms with van der Waals surface area (Å²) in [5.74, 6) is 0.775. The van der Waals surface area contributed by atoms with E-state index in [-0.39, 0.29) is 5.91 Å². The molecule has 1 aliphatic rings. The van der Waals surface area contributed by atoms with Gasteiger partial charge in [0, 0.05) is 12.6 Å². The van der Waals surface area contributed by atoms with Crippen molar-refractivity contribution in [1.82, 2.24) is 4.98 Å². The van der Waals surface area contributed by atoms with Gasteiger partial charge in [-0.05, 0) is 24.5 Å². The molecular formula is C13H17ClN2O. The molecule has 0 aromatic carbocycles. The van der Waals surface area contributed by atoms with E-state index >= 15 is 0 Å². The van der Waals surface area contributed by atoms with Crippen molar-refractivity contribution in [3.8, 4) is 0 Å². The number of anilines is 1. The summed E-state index contributed by atoms with van der Waals surface area (Å²) in [4.78, 5) is 15.6. The van der Waals surface area contributed by atoms with Crippen LogP contribution >= 0.6 is 11.6 Å². The van der Waals surface area contributed by atoms with Crippen LogP contribution in [0.15, 0.2) is 18.3 Å². The van der Waals surface area contributed by atoms with E-state index in [0.717, 1.165) is 12.3 Å². The Morgan fingerprint density at radius 3 is 2.94 bits per heavy atom. The molecule has 4 heteroatoms. The Bertz CT molecular complexity index is 389. The summed E-state index contributed by atoms with van der Waals surface area (Å²) >= 11 is 5.87. The number of nitrogens with one attached hydrogen (secondary N) is 1. The highest BCUT2D eigenvalue weighted by atomic mass is 35.5. The standard InChI is InChI=1S/C13H17ClN2O/c14-13-11(6-3-9-15-13)16-12(17)8-7-10-4-1-2-5-10/h3,6,9-10H,1-2,4-5,7-8H2,(H,16,17). The van der Waals surface area contributed by atoms with E-state index in [1.807, 2.05) is 0 Å². The summed E-state index contributed by atoms with van der Waals surface area (Å²) < 4.78 is 0. The van der Waals surface area contributed by atoms with Crippen molar-refractivity contribution in [2.24, 2.45) is 5.92 Å². The molecule has 3 nitrogen and oxygen atoms in total.